The Balaban J connectivity index is 0.000000239. The number of hydrogen-bond acceptors (Lipinski definition) is 4. The molecule has 0 aromatic carbocycles. The molecular formula is C22H19N4OPt. The van der Waals surface area contributed by atoms with E-state index in [1.807, 2.05) is 54.6 Å². The van der Waals surface area contributed by atoms with Crippen LogP contribution < -0.4 is 0 Å². The van der Waals surface area contributed by atoms with Crippen molar-refractivity contribution in [2.24, 2.45) is 0 Å². The maximum atomic E-state index is 10.7. The van der Waals surface area contributed by atoms with Crippen LogP contribution >= 0.6 is 0 Å². The second-order valence-corrected chi connectivity index (χ2v) is 5.76. The summed E-state index contributed by atoms with van der Waals surface area (Å²) < 4.78 is 0. The monoisotopic (exact) mass is 550 g/mol. The Labute approximate surface area is 178 Å². The van der Waals surface area contributed by atoms with Crippen molar-refractivity contribution >= 4 is 0 Å². The van der Waals surface area contributed by atoms with Gasteiger partial charge in [-0.3, -0.25) is 15.0 Å². The molecule has 4 aromatic heterocycles. The molecule has 0 fully saturated rings. The first kappa shape index (κ1) is 21.5. The minimum absolute atomic E-state index is 0. The van der Waals surface area contributed by atoms with Gasteiger partial charge in [-0.1, -0.05) is 18.2 Å². The summed E-state index contributed by atoms with van der Waals surface area (Å²) in [5.41, 5.74) is 4.26. The van der Waals surface area contributed by atoms with Crippen LogP contribution in [-0.4, -0.2) is 19.9 Å². The van der Waals surface area contributed by atoms with E-state index in [1.54, 1.807) is 43.8 Å². The largest absolute Gasteiger partial charge is 0.265 e. The number of hydrogen-bond donors (Lipinski definition) is 0. The van der Waals surface area contributed by atoms with Crippen molar-refractivity contribution < 1.29 is 26.2 Å². The molecule has 0 bridgehead atoms. The summed E-state index contributed by atoms with van der Waals surface area (Å²) in [6.45, 7) is 1.62. The summed E-state index contributed by atoms with van der Waals surface area (Å²) in [6, 6.07) is 20.9. The first-order valence-corrected chi connectivity index (χ1v) is 8.59. The Morgan fingerprint density at radius 1 is 0.643 bits per heavy atom. The molecule has 1 unspecified atom stereocenters. The molecule has 0 spiro atoms. The average Bonchev–Trinajstić information content (AvgIpc) is 2.76. The van der Waals surface area contributed by atoms with Crippen LogP contribution in [-0.2, 0) is 26.2 Å². The van der Waals surface area contributed by atoms with Crippen LogP contribution in [0, 0.1) is 0 Å². The van der Waals surface area contributed by atoms with E-state index in [0.717, 1.165) is 28.3 Å². The van der Waals surface area contributed by atoms with E-state index < -0.39 is 6.10 Å². The molecule has 0 N–H and O–H groups in total. The van der Waals surface area contributed by atoms with Crippen LogP contribution in [0.15, 0.2) is 91.5 Å². The van der Waals surface area contributed by atoms with E-state index in [2.05, 4.69) is 19.9 Å². The molecule has 0 aliphatic rings. The normalized spacial score (nSPS) is 10.8. The van der Waals surface area contributed by atoms with Crippen LogP contribution in [0.3, 0.4) is 0 Å². The van der Waals surface area contributed by atoms with Crippen molar-refractivity contribution in [3.63, 3.8) is 0 Å². The standard InChI is InChI=1S/C15H11N3.C7H8NO.Pt/c1-3-10-16-12(6-1)14-8-5-9-15(18-14)13-7-2-4-11-17-13;1-6(9)7-2-4-8-5-3-7;/h1-11H;2-6H,1H3;. The molecule has 0 aliphatic carbocycles. The maximum absolute atomic E-state index is 10.7. The summed E-state index contributed by atoms with van der Waals surface area (Å²) >= 11 is 0. The predicted molar refractivity (Wildman–Crippen MR) is 104 cm³/mol. The van der Waals surface area contributed by atoms with E-state index in [1.165, 1.54) is 0 Å². The summed E-state index contributed by atoms with van der Waals surface area (Å²) in [7, 11) is 0. The fraction of sp³-hybridized carbons (Fsp3) is 0.0909. The van der Waals surface area contributed by atoms with E-state index in [9.17, 15) is 5.11 Å². The zero-order chi connectivity index (χ0) is 18.9. The van der Waals surface area contributed by atoms with E-state index >= 15 is 0 Å². The van der Waals surface area contributed by atoms with E-state index in [4.69, 9.17) is 0 Å². The zero-order valence-corrected chi connectivity index (χ0v) is 17.5. The number of pyridine rings is 4. The van der Waals surface area contributed by atoms with Gasteiger partial charge in [-0.05, 0) is 61.0 Å². The molecule has 0 amide bonds. The van der Waals surface area contributed by atoms with Gasteiger partial charge in [0.2, 0.25) is 0 Å². The smallest absolute Gasteiger partial charge is 0.115 e. The Kier molecular flexibility index (Phi) is 8.60. The number of rotatable bonds is 3. The quantitative estimate of drug-likeness (QED) is 0.368. The molecule has 4 rings (SSSR count). The molecule has 4 heterocycles. The molecule has 4 aromatic rings. The van der Waals surface area contributed by atoms with Gasteiger partial charge in [0, 0.05) is 45.9 Å². The van der Waals surface area contributed by atoms with Gasteiger partial charge in [0.25, 0.3) is 0 Å². The van der Waals surface area contributed by atoms with Crippen LogP contribution in [0.2, 0.25) is 0 Å². The summed E-state index contributed by atoms with van der Waals surface area (Å²) in [5.74, 6) is 0. The summed E-state index contributed by atoms with van der Waals surface area (Å²) in [4.78, 5) is 17.0. The van der Waals surface area contributed by atoms with Crippen molar-refractivity contribution in [2.75, 3.05) is 0 Å². The van der Waals surface area contributed by atoms with Gasteiger partial charge in [0.15, 0.2) is 0 Å². The van der Waals surface area contributed by atoms with Crippen LogP contribution in [0.1, 0.15) is 18.6 Å². The zero-order valence-electron chi connectivity index (χ0n) is 15.3. The molecule has 6 heteroatoms. The molecule has 1 radical (unpaired) electrons. The minimum atomic E-state index is -0.631. The third kappa shape index (κ3) is 6.15. The first-order chi connectivity index (χ1) is 13.2. The van der Waals surface area contributed by atoms with Gasteiger partial charge in [-0.15, -0.1) is 0 Å². The second-order valence-electron chi connectivity index (χ2n) is 5.76. The number of aromatic nitrogens is 4. The Bertz CT molecular complexity index is 897. The molecular weight excluding hydrogens is 531 g/mol. The second kappa shape index (κ2) is 11.2. The SMILES string of the molecule is CC([O])c1ccncc1.[Pt].c1ccc(-c2cccc(-c3ccccn3)n2)nc1. The Hall–Kier alpha value is -2.75. The summed E-state index contributed by atoms with van der Waals surface area (Å²) in [6.07, 6.45) is 6.16. The number of nitrogens with zero attached hydrogens (tertiary/aromatic N) is 4. The van der Waals surface area contributed by atoms with Crippen molar-refractivity contribution in [2.45, 2.75) is 13.0 Å². The topological polar surface area (TPSA) is 71.5 Å². The predicted octanol–water partition coefficient (Wildman–Crippen LogP) is 4.78. The third-order valence-electron chi connectivity index (χ3n) is 3.78. The molecule has 0 aliphatic heterocycles. The minimum Gasteiger partial charge on any atom is -0.265 e. The van der Waals surface area contributed by atoms with Crippen LogP contribution in [0.4, 0.5) is 0 Å². The van der Waals surface area contributed by atoms with E-state index in [-0.39, 0.29) is 21.1 Å². The Morgan fingerprint density at radius 2 is 1.14 bits per heavy atom. The summed E-state index contributed by atoms with van der Waals surface area (Å²) in [5, 5.41) is 10.7. The molecule has 0 saturated carbocycles. The average molecular weight is 550 g/mol. The fourth-order valence-electron chi connectivity index (χ4n) is 2.38. The van der Waals surface area contributed by atoms with Crippen molar-refractivity contribution in [1.82, 2.24) is 19.9 Å². The van der Waals surface area contributed by atoms with E-state index in [0.29, 0.717) is 0 Å². The molecule has 28 heavy (non-hydrogen) atoms. The van der Waals surface area contributed by atoms with Crippen LogP contribution in [0.25, 0.3) is 22.8 Å². The van der Waals surface area contributed by atoms with Crippen molar-refractivity contribution in [3.8, 4) is 22.8 Å². The molecule has 143 valence electrons. The van der Waals surface area contributed by atoms with Gasteiger partial charge >= 0.3 is 0 Å². The van der Waals surface area contributed by atoms with Crippen molar-refractivity contribution in [3.05, 3.63) is 97.1 Å². The third-order valence-corrected chi connectivity index (χ3v) is 3.78. The Morgan fingerprint density at radius 3 is 1.54 bits per heavy atom. The van der Waals surface area contributed by atoms with Gasteiger partial charge in [-0.25, -0.2) is 10.1 Å². The molecule has 1 atom stereocenters. The van der Waals surface area contributed by atoms with Crippen molar-refractivity contribution in [1.29, 1.82) is 0 Å². The van der Waals surface area contributed by atoms with Gasteiger partial charge in [0.05, 0.1) is 22.8 Å². The first-order valence-electron chi connectivity index (χ1n) is 8.59. The molecule has 5 nitrogen and oxygen atoms in total. The van der Waals surface area contributed by atoms with Crippen LogP contribution in [0.5, 0.6) is 0 Å². The van der Waals surface area contributed by atoms with Gasteiger partial charge in [0.1, 0.15) is 6.10 Å². The van der Waals surface area contributed by atoms with Gasteiger partial charge in [-0.2, -0.15) is 0 Å². The fourth-order valence-corrected chi connectivity index (χ4v) is 2.38. The molecule has 0 saturated heterocycles. The maximum Gasteiger partial charge on any atom is 0.115 e. The van der Waals surface area contributed by atoms with Gasteiger partial charge < -0.3 is 0 Å².